The molecule has 0 aliphatic carbocycles. The molecule has 2 aliphatic rings. The van der Waals surface area contributed by atoms with Gasteiger partial charge in [0.2, 0.25) is 0 Å². The van der Waals surface area contributed by atoms with Gasteiger partial charge in [-0.15, -0.1) is 0 Å². The molecule has 2 saturated heterocycles. The van der Waals surface area contributed by atoms with E-state index in [1.54, 1.807) is 18.2 Å². The Bertz CT molecular complexity index is 611. The lowest BCUT2D eigenvalue weighted by atomic mass is 10.0. The summed E-state index contributed by atoms with van der Waals surface area (Å²) in [5.74, 6) is 0. The Morgan fingerprint density at radius 1 is 1.52 bits per heavy atom. The number of benzene rings is 1. The lowest BCUT2D eigenvalue weighted by Crippen LogP contribution is -2.51. The molecule has 1 aromatic carbocycles. The Balaban J connectivity index is 1.79. The van der Waals surface area contributed by atoms with Crippen LogP contribution in [0, 0.1) is 11.3 Å². The highest BCUT2D eigenvalue weighted by molar-refractivity contribution is 7.82. The molecule has 0 amide bonds. The first-order valence-corrected chi connectivity index (χ1v) is 8.33. The van der Waals surface area contributed by atoms with Gasteiger partial charge in [0.05, 0.1) is 22.7 Å². The SMILES string of the molecule is N#Cc1cc(Cl)ccc1S(=O)N1CC[C@]2(CNCCO2)C1. The number of nitrogens with zero attached hydrogens (tertiary/aromatic N) is 2. The Morgan fingerprint density at radius 3 is 3.10 bits per heavy atom. The summed E-state index contributed by atoms with van der Waals surface area (Å²) in [5.41, 5.74) is 0.122. The number of hydrogen-bond acceptors (Lipinski definition) is 4. The first-order chi connectivity index (χ1) is 10.1. The minimum absolute atomic E-state index is 0.243. The number of halogens is 1. The van der Waals surface area contributed by atoms with E-state index in [1.807, 2.05) is 4.31 Å². The second kappa shape index (κ2) is 6.03. The number of morpholine rings is 1. The summed E-state index contributed by atoms with van der Waals surface area (Å²) in [6, 6.07) is 6.95. The summed E-state index contributed by atoms with van der Waals surface area (Å²) in [4.78, 5) is 0.516. The molecule has 112 valence electrons. The van der Waals surface area contributed by atoms with Crippen LogP contribution in [0.1, 0.15) is 12.0 Å². The van der Waals surface area contributed by atoms with Crippen LogP contribution < -0.4 is 5.32 Å². The zero-order valence-corrected chi connectivity index (χ0v) is 13.0. The normalized spacial score (nSPS) is 27.6. The molecule has 0 aromatic heterocycles. The zero-order chi connectivity index (χ0) is 14.9. The molecule has 0 bridgehead atoms. The van der Waals surface area contributed by atoms with Crippen LogP contribution in [0.2, 0.25) is 5.02 Å². The third kappa shape index (κ3) is 2.98. The summed E-state index contributed by atoms with van der Waals surface area (Å²) in [6.07, 6.45) is 0.848. The highest BCUT2D eigenvalue weighted by atomic mass is 35.5. The Morgan fingerprint density at radius 2 is 2.38 bits per heavy atom. The Kier molecular flexibility index (Phi) is 4.29. The van der Waals surface area contributed by atoms with Gasteiger partial charge in [-0.25, -0.2) is 8.51 Å². The van der Waals surface area contributed by atoms with E-state index in [-0.39, 0.29) is 5.60 Å². The molecule has 2 aliphatic heterocycles. The van der Waals surface area contributed by atoms with Crippen LogP contribution in [0.3, 0.4) is 0 Å². The van der Waals surface area contributed by atoms with Crippen molar-refractivity contribution in [2.45, 2.75) is 16.9 Å². The van der Waals surface area contributed by atoms with E-state index in [0.717, 1.165) is 19.5 Å². The largest absolute Gasteiger partial charge is 0.371 e. The fourth-order valence-electron chi connectivity index (χ4n) is 2.80. The lowest BCUT2D eigenvalue weighted by Gasteiger charge is -2.34. The van der Waals surface area contributed by atoms with Crippen molar-refractivity contribution in [3.63, 3.8) is 0 Å². The highest BCUT2D eigenvalue weighted by Crippen LogP contribution is 2.30. The predicted molar refractivity (Wildman–Crippen MR) is 80.3 cm³/mol. The van der Waals surface area contributed by atoms with E-state index >= 15 is 0 Å². The van der Waals surface area contributed by atoms with Crippen molar-refractivity contribution in [2.75, 3.05) is 32.8 Å². The van der Waals surface area contributed by atoms with Gasteiger partial charge in [-0.05, 0) is 24.6 Å². The molecule has 1 unspecified atom stereocenters. The highest BCUT2D eigenvalue weighted by Gasteiger charge is 2.42. The Hall–Kier alpha value is -0.970. The number of nitriles is 1. The number of nitrogens with one attached hydrogen (secondary N) is 1. The molecule has 5 nitrogen and oxygen atoms in total. The topological polar surface area (TPSA) is 65.4 Å². The third-order valence-corrected chi connectivity index (χ3v) is 5.65. The number of ether oxygens (including phenoxy) is 1. The van der Waals surface area contributed by atoms with Crippen molar-refractivity contribution >= 4 is 22.6 Å². The van der Waals surface area contributed by atoms with E-state index in [0.29, 0.717) is 35.2 Å². The van der Waals surface area contributed by atoms with Crippen molar-refractivity contribution in [3.8, 4) is 6.07 Å². The van der Waals surface area contributed by atoms with Gasteiger partial charge in [0.25, 0.3) is 0 Å². The molecule has 7 heteroatoms. The molecule has 0 saturated carbocycles. The van der Waals surface area contributed by atoms with E-state index in [4.69, 9.17) is 16.3 Å². The van der Waals surface area contributed by atoms with Crippen molar-refractivity contribution in [1.29, 1.82) is 5.26 Å². The first kappa shape index (κ1) is 14.9. The fraction of sp³-hybridized carbons (Fsp3) is 0.500. The van der Waals surface area contributed by atoms with E-state index in [2.05, 4.69) is 11.4 Å². The summed E-state index contributed by atoms with van der Waals surface area (Å²) in [7, 11) is -1.36. The number of hydrogen-bond donors (Lipinski definition) is 1. The summed E-state index contributed by atoms with van der Waals surface area (Å²) >= 11 is 5.88. The van der Waals surface area contributed by atoms with E-state index < -0.39 is 11.0 Å². The minimum Gasteiger partial charge on any atom is -0.371 e. The van der Waals surface area contributed by atoms with Crippen LogP contribution in [-0.4, -0.2) is 46.9 Å². The van der Waals surface area contributed by atoms with E-state index in [9.17, 15) is 9.47 Å². The second-order valence-electron chi connectivity index (χ2n) is 5.32. The van der Waals surface area contributed by atoms with Crippen LogP contribution in [-0.2, 0) is 15.7 Å². The smallest absolute Gasteiger partial charge is 0.129 e. The molecular formula is C14H16ClN3O2S. The molecule has 2 heterocycles. The molecule has 2 fully saturated rings. The molecule has 3 rings (SSSR count). The van der Waals surface area contributed by atoms with Crippen LogP contribution in [0.25, 0.3) is 0 Å². The van der Waals surface area contributed by atoms with Crippen LogP contribution in [0.15, 0.2) is 23.1 Å². The van der Waals surface area contributed by atoms with Gasteiger partial charge in [-0.2, -0.15) is 5.26 Å². The zero-order valence-electron chi connectivity index (χ0n) is 11.5. The monoisotopic (exact) mass is 325 g/mol. The first-order valence-electron chi connectivity index (χ1n) is 6.85. The van der Waals surface area contributed by atoms with Crippen molar-refractivity contribution in [1.82, 2.24) is 9.62 Å². The molecular weight excluding hydrogens is 310 g/mol. The maximum Gasteiger partial charge on any atom is 0.129 e. The number of rotatable bonds is 2. The van der Waals surface area contributed by atoms with Crippen LogP contribution in [0.4, 0.5) is 0 Å². The molecule has 2 atom stereocenters. The van der Waals surface area contributed by atoms with Crippen molar-refractivity contribution in [3.05, 3.63) is 28.8 Å². The summed E-state index contributed by atoms with van der Waals surface area (Å²) < 4.78 is 20.5. The van der Waals surface area contributed by atoms with Gasteiger partial charge in [-0.3, -0.25) is 0 Å². The third-order valence-electron chi connectivity index (χ3n) is 3.90. The molecule has 21 heavy (non-hydrogen) atoms. The molecule has 0 radical (unpaired) electrons. The predicted octanol–water partition coefficient (Wildman–Crippen LogP) is 1.30. The van der Waals surface area contributed by atoms with Gasteiger partial charge in [0.1, 0.15) is 17.1 Å². The Labute approximate surface area is 131 Å². The lowest BCUT2D eigenvalue weighted by molar-refractivity contribution is -0.0538. The van der Waals surface area contributed by atoms with Crippen molar-refractivity contribution < 1.29 is 8.95 Å². The van der Waals surface area contributed by atoms with Gasteiger partial charge < -0.3 is 10.1 Å². The van der Waals surface area contributed by atoms with Gasteiger partial charge in [-0.1, -0.05) is 11.6 Å². The van der Waals surface area contributed by atoms with Crippen molar-refractivity contribution in [2.24, 2.45) is 0 Å². The van der Waals surface area contributed by atoms with Crippen LogP contribution in [0.5, 0.6) is 0 Å². The second-order valence-corrected chi connectivity index (χ2v) is 7.21. The molecule has 1 N–H and O–H groups in total. The quantitative estimate of drug-likeness (QED) is 0.890. The maximum absolute atomic E-state index is 12.7. The summed E-state index contributed by atoms with van der Waals surface area (Å²) in [6.45, 7) is 3.64. The standard InChI is InChI=1S/C14H16ClN3O2S/c15-12-1-2-13(11(7-12)8-16)21(19)18-5-3-14(10-18)9-17-4-6-20-14/h1-2,7,17H,3-6,9-10H2/t14-,21?/m0/s1. The average Bonchev–Trinajstić information content (AvgIpc) is 2.91. The maximum atomic E-state index is 12.7. The summed E-state index contributed by atoms with van der Waals surface area (Å²) in [5, 5.41) is 13.0. The van der Waals surface area contributed by atoms with Gasteiger partial charge >= 0.3 is 0 Å². The fourth-order valence-corrected chi connectivity index (χ4v) is 4.34. The van der Waals surface area contributed by atoms with E-state index in [1.165, 1.54) is 0 Å². The minimum atomic E-state index is -1.36. The van der Waals surface area contributed by atoms with Crippen LogP contribution >= 0.6 is 11.6 Å². The molecule has 1 spiro atoms. The average molecular weight is 326 g/mol. The van der Waals surface area contributed by atoms with Gasteiger partial charge in [0, 0.05) is 31.2 Å². The van der Waals surface area contributed by atoms with Gasteiger partial charge in [0.15, 0.2) is 0 Å². The molecule has 1 aromatic rings.